The molecule has 0 unspecified atom stereocenters. The summed E-state index contributed by atoms with van der Waals surface area (Å²) in [4.78, 5) is 73.6. The van der Waals surface area contributed by atoms with E-state index in [1.54, 1.807) is 20.8 Å². The second-order valence-electron chi connectivity index (χ2n) is 19.1. The molecule has 0 bridgehead atoms. The van der Waals surface area contributed by atoms with Crippen LogP contribution in [0.15, 0.2) is 60.7 Å². The van der Waals surface area contributed by atoms with Gasteiger partial charge in [0, 0.05) is 48.4 Å². The van der Waals surface area contributed by atoms with Gasteiger partial charge >= 0.3 is 24.0 Å². The fourth-order valence-electron chi connectivity index (χ4n) is 7.95. The molecule has 6 aromatic rings. The number of nitrogens with one attached hydrogen (secondary N) is 4. The fraction of sp³-hybridized carbons (Fsp3) is 0.308. The average Bonchev–Trinajstić information content (AvgIpc) is 3.38. The monoisotopic (exact) mass is 1060 g/mol. The number of nitrogens with zero attached hydrogens (tertiary/aromatic N) is 8. The lowest BCUT2D eigenvalue weighted by molar-refractivity contribution is 0.00686. The first-order valence-corrected chi connectivity index (χ1v) is 23.6. The first-order chi connectivity index (χ1) is 35.8. The Morgan fingerprint density at radius 3 is 1.38 bits per heavy atom. The van der Waals surface area contributed by atoms with Crippen LogP contribution < -0.4 is 31.1 Å². The number of anilines is 6. The predicted molar refractivity (Wildman–Crippen MR) is 272 cm³/mol. The molecule has 4 amide bonds. The minimum Gasteiger partial charge on any atom is -0.478 e. The Morgan fingerprint density at radius 2 is 1.01 bits per heavy atom. The van der Waals surface area contributed by atoms with Crippen molar-refractivity contribution >= 4 is 58.9 Å². The molecule has 2 aliphatic rings. The number of likely N-dealkylation sites (N-methyl/N-ethyl adjacent to an activating group) is 2. The molecule has 0 aliphatic carbocycles. The molecule has 0 spiro atoms. The highest BCUT2D eigenvalue weighted by Crippen LogP contribution is 2.42. The molecular formula is C52H54F6N12O6. The van der Waals surface area contributed by atoms with Gasteiger partial charge in [0.2, 0.25) is 11.9 Å². The molecule has 0 atom stereocenters. The van der Waals surface area contributed by atoms with Crippen LogP contribution in [0, 0.1) is 48.8 Å². The zero-order valence-electron chi connectivity index (χ0n) is 42.9. The van der Waals surface area contributed by atoms with Gasteiger partial charge in [-0.15, -0.1) is 0 Å². The number of hydrogen-bond acceptors (Lipinski definition) is 13. The van der Waals surface area contributed by atoms with E-state index in [0.29, 0.717) is 26.2 Å². The van der Waals surface area contributed by atoms with Crippen LogP contribution in [0.4, 0.5) is 70.8 Å². The smallest absolute Gasteiger partial charge is 0.338 e. The Bertz CT molecular complexity index is 3220. The van der Waals surface area contributed by atoms with E-state index in [0.717, 1.165) is 46.2 Å². The van der Waals surface area contributed by atoms with Gasteiger partial charge < -0.3 is 40.9 Å². The first kappa shape index (κ1) is 55.4. The maximum atomic E-state index is 15.2. The number of para-hydroxylation sites is 2. The number of benzene rings is 4. The zero-order valence-corrected chi connectivity index (χ0v) is 42.9. The summed E-state index contributed by atoms with van der Waals surface area (Å²) in [6.07, 6.45) is 0. The van der Waals surface area contributed by atoms with Crippen molar-refractivity contribution < 1.29 is 55.4 Å². The van der Waals surface area contributed by atoms with Gasteiger partial charge in [0.25, 0.3) is 0 Å². The number of ether oxygens (including phenoxy) is 1. The number of carbonyl (C=O) groups excluding carboxylic acids is 3. The van der Waals surface area contributed by atoms with Crippen molar-refractivity contribution in [2.45, 2.75) is 53.3 Å². The van der Waals surface area contributed by atoms with Gasteiger partial charge in [0.15, 0.2) is 11.6 Å². The minimum absolute atomic E-state index is 0.0163. The van der Waals surface area contributed by atoms with E-state index in [1.807, 2.05) is 38.0 Å². The summed E-state index contributed by atoms with van der Waals surface area (Å²) in [5.74, 6) is -7.56. The second-order valence-corrected chi connectivity index (χ2v) is 19.1. The average molecular weight is 1060 g/mol. The summed E-state index contributed by atoms with van der Waals surface area (Å²) in [6, 6.07) is 9.49. The molecule has 24 heteroatoms. The number of hydrogen-bond donors (Lipinski definition) is 5. The summed E-state index contributed by atoms with van der Waals surface area (Å²) in [7, 11) is 7.47. The third kappa shape index (κ3) is 12.1. The molecule has 0 fully saturated rings. The van der Waals surface area contributed by atoms with Gasteiger partial charge in [-0.2, -0.15) is 9.97 Å². The number of fused-ring (bicyclic) bond motifs is 2. The van der Waals surface area contributed by atoms with E-state index >= 15 is 4.39 Å². The number of halogens is 6. The van der Waals surface area contributed by atoms with Crippen LogP contribution in [-0.4, -0.2) is 119 Å². The number of rotatable bonds is 14. The minimum atomic E-state index is -1.34. The number of carbonyl (C=O) groups is 4. The molecule has 4 aromatic carbocycles. The maximum Gasteiger partial charge on any atom is 0.338 e. The number of amides is 4. The van der Waals surface area contributed by atoms with Crippen molar-refractivity contribution in [3.05, 3.63) is 129 Å². The summed E-state index contributed by atoms with van der Waals surface area (Å²) >= 11 is 0. The van der Waals surface area contributed by atoms with E-state index in [-0.39, 0.29) is 92.5 Å². The van der Waals surface area contributed by atoms with Crippen LogP contribution in [0.1, 0.15) is 63.7 Å². The number of aromatic nitrogens is 4. The lowest BCUT2D eigenvalue weighted by Crippen LogP contribution is -2.43. The predicted octanol–water partition coefficient (Wildman–Crippen LogP) is 9.06. The number of urea groups is 2. The molecule has 8 rings (SSSR count). The summed E-state index contributed by atoms with van der Waals surface area (Å²) in [5.41, 5.74) is -0.929. The fourth-order valence-corrected chi connectivity index (χ4v) is 7.95. The van der Waals surface area contributed by atoms with Gasteiger partial charge in [0.1, 0.15) is 51.9 Å². The van der Waals surface area contributed by atoms with Gasteiger partial charge in [-0.25, -0.2) is 65.3 Å². The largest absolute Gasteiger partial charge is 0.478 e. The molecule has 5 N–H and O–H groups in total. The van der Waals surface area contributed by atoms with Crippen molar-refractivity contribution in [2.75, 3.05) is 74.8 Å². The number of esters is 1. The normalized spacial score (nSPS) is 13.1. The van der Waals surface area contributed by atoms with E-state index in [2.05, 4.69) is 41.2 Å². The Balaban J connectivity index is 0.000000222. The van der Waals surface area contributed by atoms with Crippen LogP contribution >= 0.6 is 0 Å². The summed E-state index contributed by atoms with van der Waals surface area (Å²) in [5, 5.41) is 20.6. The quantitative estimate of drug-likeness (QED) is 0.0509. The lowest BCUT2D eigenvalue weighted by Gasteiger charge is -2.31. The van der Waals surface area contributed by atoms with Crippen LogP contribution in [0.25, 0.3) is 22.5 Å². The van der Waals surface area contributed by atoms with Crippen LogP contribution in [0.2, 0.25) is 0 Å². The summed E-state index contributed by atoms with van der Waals surface area (Å²) < 4.78 is 94.6. The molecule has 0 radical (unpaired) electrons. The molecule has 0 saturated carbocycles. The van der Waals surface area contributed by atoms with Crippen molar-refractivity contribution in [1.82, 2.24) is 40.4 Å². The van der Waals surface area contributed by atoms with Gasteiger partial charge in [-0.1, -0.05) is 12.1 Å². The van der Waals surface area contributed by atoms with E-state index in [9.17, 15) is 46.2 Å². The maximum absolute atomic E-state index is 15.2. The Labute approximate surface area is 433 Å². The van der Waals surface area contributed by atoms with Crippen LogP contribution in [0.5, 0.6) is 0 Å². The highest BCUT2D eigenvalue weighted by Gasteiger charge is 2.37. The molecule has 2 aliphatic heterocycles. The van der Waals surface area contributed by atoms with Crippen molar-refractivity contribution in [3.8, 4) is 22.5 Å². The third-order valence-corrected chi connectivity index (χ3v) is 11.7. The van der Waals surface area contributed by atoms with E-state index in [1.165, 1.54) is 38.1 Å². The first-order valence-electron chi connectivity index (χ1n) is 23.6. The Hall–Kier alpha value is -8.38. The third-order valence-electron chi connectivity index (χ3n) is 11.7. The van der Waals surface area contributed by atoms with Crippen LogP contribution in [-0.2, 0) is 17.8 Å². The van der Waals surface area contributed by atoms with Gasteiger partial charge in [0.05, 0.1) is 35.6 Å². The van der Waals surface area contributed by atoms with Crippen LogP contribution in [0.3, 0.4) is 0 Å². The van der Waals surface area contributed by atoms with Crippen molar-refractivity contribution in [2.24, 2.45) is 0 Å². The van der Waals surface area contributed by atoms with Crippen molar-refractivity contribution in [3.63, 3.8) is 0 Å². The van der Waals surface area contributed by atoms with Crippen molar-refractivity contribution in [1.29, 1.82) is 0 Å². The number of aromatic carboxylic acids is 1. The number of carboxylic acid groups (broad SMARTS) is 1. The molecular weight excluding hydrogens is 1000 g/mol. The van der Waals surface area contributed by atoms with Gasteiger partial charge in [-0.05, 0) is 122 Å². The topological polar surface area (TPSA) is 210 Å². The molecule has 400 valence electrons. The Morgan fingerprint density at radius 1 is 0.632 bits per heavy atom. The molecule has 0 saturated heterocycles. The zero-order chi connectivity index (χ0) is 55.5. The highest BCUT2D eigenvalue weighted by molar-refractivity contribution is 6.04. The standard InChI is InChI=1S/C28H31F3N6O3.C24H23F3N6O3/c1-15-17(12-16(13-21(15)31)25(38)40-28(2,3)4)22-18-14-33-27(39)37(23-19(29)8-7-9-20(23)30)24(18)35-26(34-22)32-10-11-36(5)6;1-12-14(9-13(22(34)35)10-18(12)27)19-15-11-29-24(36)33(20-16(25)5-4-6-17(20)26)21(15)31-23(30-19)28-7-8-32(2)3/h7-9,12-13H,10-11,14H2,1-6H3,(H,33,39)(H,32,34,35);4-6,9-10H,7-8,11H2,1-3H3,(H,29,36)(H,34,35)(H,28,30,31). The SMILES string of the molecule is Cc1c(F)cc(C(=O)O)cc1-c1nc(NCCN(C)C)nc2c1CNC(=O)N2c1c(F)cccc1F.Cc1c(F)cc(C(=O)OC(C)(C)C)cc1-c1nc(NCCN(C)C)nc2c1CNC(=O)N2c1c(F)cccc1F. The van der Waals surface area contributed by atoms with Gasteiger partial charge in [-0.3, -0.25) is 0 Å². The Kier molecular flexibility index (Phi) is 16.5. The lowest BCUT2D eigenvalue weighted by atomic mass is 9.97. The molecule has 4 heterocycles. The molecule has 18 nitrogen and oxygen atoms in total. The molecule has 2 aromatic heterocycles. The molecule has 76 heavy (non-hydrogen) atoms. The summed E-state index contributed by atoms with van der Waals surface area (Å²) in [6.45, 7) is 9.80. The number of carboxylic acids is 1. The highest BCUT2D eigenvalue weighted by atomic mass is 19.2. The van der Waals surface area contributed by atoms with E-state index in [4.69, 9.17) is 4.74 Å². The second kappa shape index (κ2) is 22.6. The van der Waals surface area contributed by atoms with E-state index < -0.39 is 75.9 Å².